The third-order valence-electron chi connectivity index (χ3n) is 5.65. The van der Waals surface area contributed by atoms with Gasteiger partial charge in [0, 0.05) is 18.3 Å². The second-order valence-corrected chi connectivity index (χ2v) is 8.64. The van der Waals surface area contributed by atoms with Crippen LogP contribution in [-0.4, -0.2) is 33.0 Å². The number of nitriles is 1. The number of carbonyl (C=O) groups is 1. The molecule has 3 rings (SSSR count). The number of carbonyl (C=O) groups excluding carboxylic acids is 1. The van der Waals surface area contributed by atoms with Crippen LogP contribution in [0.2, 0.25) is 0 Å². The summed E-state index contributed by atoms with van der Waals surface area (Å²) in [6, 6.07) is 8.58. The van der Waals surface area contributed by atoms with Crippen LogP contribution < -0.4 is 4.90 Å². The van der Waals surface area contributed by atoms with Crippen molar-refractivity contribution in [1.29, 1.82) is 5.26 Å². The minimum atomic E-state index is -0.00986. The van der Waals surface area contributed by atoms with E-state index in [0.717, 1.165) is 35.1 Å². The van der Waals surface area contributed by atoms with Crippen molar-refractivity contribution in [3.05, 3.63) is 35.2 Å². The van der Waals surface area contributed by atoms with E-state index in [1.54, 1.807) is 4.90 Å². The molecule has 0 aliphatic heterocycles. The second-order valence-electron chi connectivity index (χ2n) is 7.70. The van der Waals surface area contributed by atoms with Gasteiger partial charge in [0.05, 0.1) is 18.2 Å². The number of thioether (sulfide) groups is 1. The fraction of sp³-hybridized carbons (Fsp3) is 0.545. The first-order valence-electron chi connectivity index (χ1n) is 10.3. The topological polar surface area (TPSA) is 74.8 Å². The highest BCUT2D eigenvalue weighted by Crippen LogP contribution is 2.32. The molecule has 1 aliphatic carbocycles. The van der Waals surface area contributed by atoms with Gasteiger partial charge in [0.25, 0.3) is 0 Å². The first-order valence-corrected chi connectivity index (χ1v) is 11.3. The molecule has 0 bridgehead atoms. The maximum absolute atomic E-state index is 13.1. The van der Waals surface area contributed by atoms with Crippen LogP contribution >= 0.6 is 11.8 Å². The van der Waals surface area contributed by atoms with Gasteiger partial charge in [0.2, 0.25) is 5.91 Å². The van der Waals surface area contributed by atoms with Gasteiger partial charge in [-0.3, -0.25) is 4.79 Å². The first kappa shape index (κ1) is 21.4. The van der Waals surface area contributed by atoms with Crippen LogP contribution in [-0.2, 0) is 4.79 Å². The Morgan fingerprint density at radius 1 is 1.21 bits per heavy atom. The number of anilines is 1. The molecular weight excluding hydrogens is 382 g/mol. The number of benzene rings is 1. The second kappa shape index (κ2) is 9.93. The quantitative estimate of drug-likeness (QED) is 0.615. The molecule has 6 nitrogen and oxygen atoms in total. The summed E-state index contributed by atoms with van der Waals surface area (Å²) in [5.41, 5.74) is 3.17. The molecule has 2 aromatic rings. The maximum Gasteiger partial charge on any atom is 0.237 e. The summed E-state index contributed by atoms with van der Waals surface area (Å²) in [5, 5.41) is 18.4. The van der Waals surface area contributed by atoms with Crippen molar-refractivity contribution in [2.75, 3.05) is 17.2 Å². The molecule has 1 fully saturated rings. The highest BCUT2D eigenvalue weighted by Gasteiger charge is 2.23. The van der Waals surface area contributed by atoms with Gasteiger partial charge >= 0.3 is 0 Å². The third-order valence-corrected chi connectivity index (χ3v) is 6.58. The van der Waals surface area contributed by atoms with E-state index in [1.807, 2.05) is 32.0 Å². The Bertz CT molecular complexity index is 895. The molecule has 1 amide bonds. The molecular formula is C22H29N5OS. The largest absolute Gasteiger partial charge is 0.311 e. The van der Waals surface area contributed by atoms with Crippen LogP contribution in [0.5, 0.6) is 0 Å². The van der Waals surface area contributed by atoms with Crippen LogP contribution in [0.15, 0.2) is 23.4 Å². The maximum atomic E-state index is 13.1. The summed E-state index contributed by atoms with van der Waals surface area (Å²) in [6.45, 7) is 6.47. The van der Waals surface area contributed by atoms with Crippen molar-refractivity contribution < 1.29 is 4.79 Å². The van der Waals surface area contributed by atoms with E-state index < -0.39 is 0 Å². The molecule has 1 aliphatic rings. The number of rotatable bonds is 7. The normalized spacial score (nSPS) is 14.6. The number of hydrogen-bond acceptors (Lipinski definition) is 5. The van der Waals surface area contributed by atoms with Crippen molar-refractivity contribution in [2.24, 2.45) is 0 Å². The third kappa shape index (κ3) is 5.18. The Labute approximate surface area is 177 Å². The molecule has 0 saturated heterocycles. The Morgan fingerprint density at radius 3 is 2.66 bits per heavy atom. The SMILES string of the molecule is Cc1ccc(N(CCC#N)C(=O)CSc2nnc(C)n2C2CCCCC2)cc1C. The van der Waals surface area contributed by atoms with Gasteiger partial charge in [-0.1, -0.05) is 37.1 Å². The Morgan fingerprint density at radius 2 is 1.97 bits per heavy atom. The predicted molar refractivity (Wildman–Crippen MR) is 116 cm³/mol. The average molecular weight is 412 g/mol. The molecule has 1 aromatic carbocycles. The molecule has 0 spiro atoms. The number of aryl methyl sites for hydroxylation is 3. The van der Waals surface area contributed by atoms with Crippen molar-refractivity contribution in [3.8, 4) is 6.07 Å². The molecule has 0 unspecified atom stereocenters. The van der Waals surface area contributed by atoms with E-state index in [1.165, 1.54) is 36.6 Å². The van der Waals surface area contributed by atoms with E-state index in [-0.39, 0.29) is 11.7 Å². The summed E-state index contributed by atoms with van der Waals surface area (Å²) in [7, 11) is 0. The van der Waals surface area contributed by atoms with E-state index in [4.69, 9.17) is 5.26 Å². The summed E-state index contributed by atoms with van der Waals surface area (Å²) in [5.74, 6) is 1.19. The lowest BCUT2D eigenvalue weighted by molar-refractivity contribution is -0.116. The number of hydrogen-bond donors (Lipinski definition) is 0. The van der Waals surface area contributed by atoms with Gasteiger partial charge in [0.1, 0.15) is 5.82 Å². The summed E-state index contributed by atoms with van der Waals surface area (Å²) in [4.78, 5) is 14.8. The number of nitrogens with zero attached hydrogens (tertiary/aromatic N) is 5. The van der Waals surface area contributed by atoms with Crippen molar-refractivity contribution in [3.63, 3.8) is 0 Å². The molecule has 1 heterocycles. The van der Waals surface area contributed by atoms with Gasteiger partial charge < -0.3 is 9.47 Å². The lowest BCUT2D eigenvalue weighted by atomic mass is 9.95. The molecule has 29 heavy (non-hydrogen) atoms. The molecule has 0 radical (unpaired) electrons. The summed E-state index contributed by atoms with van der Waals surface area (Å²) in [6.07, 6.45) is 6.37. The summed E-state index contributed by atoms with van der Waals surface area (Å²) < 4.78 is 2.22. The molecule has 0 N–H and O–H groups in total. The standard InChI is InChI=1S/C22H29N5OS/c1-16-10-11-20(14-17(16)2)26(13-7-12-23)21(28)15-29-22-25-24-18(3)27(22)19-8-5-4-6-9-19/h10-11,14,19H,4-9,13,15H2,1-3H3. The van der Waals surface area contributed by atoms with E-state index in [9.17, 15) is 4.79 Å². The highest BCUT2D eigenvalue weighted by atomic mass is 32.2. The van der Waals surface area contributed by atoms with Crippen molar-refractivity contribution in [2.45, 2.75) is 70.5 Å². The van der Waals surface area contributed by atoms with Gasteiger partial charge in [0.15, 0.2) is 5.16 Å². The van der Waals surface area contributed by atoms with Crippen LogP contribution in [0.25, 0.3) is 0 Å². The van der Waals surface area contributed by atoms with Crippen LogP contribution in [0.3, 0.4) is 0 Å². The van der Waals surface area contributed by atoms with Crippen LogP contribution in [0.1, 0.15) is 61.5 Å². The molecule has 1 aromatic heterocycles. The van der Waals surface area contributed by atoms with E-state index >= 15 is 0 Å². The lowest BCUT2D eigenvalue weighted by Gasteiger charge is -2.25. The minimum absolute atomic E-state index is 0.00986. The fourth-order valence-corrected chi connectivity index (χ4v) is 4.79. The van der Waals surface area contributed by atoms with Crippen molar-refractivity contribution >= 4 is 23.4 Å². The Balaban J connectivity index is 1.73. The van der Waals surface area contributed by atoms with Crippen LogP contribution in [0.4, 0.5) is 5.69 Å². The van der Waals surface area contributed by atoms with Gasteiger partial charge in [-0.05, 0) is 56.9 Å². The zero-order valence-electron chi connectivity index (χ0n) is 17.5. The summed E-state index contributed by atoms with van der Waals surface area (Å²) >= 11 is 1.45. The predicted octanol–water partition coefficient (Wildman–Crippen LogP) is 4.75. The Hall–Kier alpha value is -2.33. The van der Waals surface area contributed by atoms with E-state index in [2.05, 4.69) is 27.8 Å². The average Bonchev–Trinajstić information content (AvgIpc) is 3.10. The van der Waals surface area contributed by atoms with Gasteiger partial charge in [-0.2, -0.15) is 5.26 Å². The van der Waals surface area contributed by atoms with Gasteiger partial charge in [-0.15, -0.1) is 10.2 Å². The zero-order chi connectivity index (χ0) is 20.8. The monoisotopic (exact) mass is 411 g/mol. The van der Waals surface area contributed by atoms with Crippen LogP contribution in [0, 0.1) is 32.1 Å². The fourth-order valence-electron chi connectivity index (χ4n) is 3.87. The zero-order valence-corrected chi connectivity index (χ0v) is 18.3. The smallest absolute Gasteiger partial charge is 0.237 e. The molecule has 154 valence electrons. The number of aromatic nitrogens is 3. The first-order chi connectivity index (χ1) is 14.0. The number of amides is 1. The highest BCUT2D eigenvalue weighted by molar-refractivity contribution is 7.99. The Kier molecular flexibility index (Phi) is 7.32. The minimum Gasteiger partial charge on any atom is -0.311 e. The van der Waals surface area contributed by atoms with Gasteiger partial charge in [-0.25, -0.2) is 0 Å². The lowest BCUT2D eigenvalue weighted by Crippen LogP contribution is -2.33. The van der Waals surface area contributed by atoms with Crippen molar-refractivity contribution in [1.82, 2.24) is 14.8 Å². The molecule has 0 atom stereocenters. The van der Waals surface area contributed by atoms with E-state index in [0.29, 0.717) is 19.0 Å². The molecule has 1 saturated carbocycles. The molecule has 7 heteroatoms.